The summed E-state index contributed by atoms with van der Waals surface area (Å²) in [7, 11) is -2.64. The number of carbonyl (C=O) groups excluding carboxylic acids is 1. The number of furan rings is 1. The predicted octanol–water partition coefficient (Wildman–Crippen LogP) is 7.14. The molecule has 5 nitrogen and oxygen atoms in total. The van der Waals surface area contributed by atoms with Crippen LogP contribution in [0.15, 0.2) is 88.9 Å². The third kappa shape index (κ3) is 8.26. The first kappa shape index (κ1) is 33.9. The molecule has 2 atom stereocenters. The average molecular weight is 599 g/mol. The van der Waals surface area contributed by atoms with Crippen molar-refractivity contribution in [1.29, 1.82) is 0 Å². The second-order valence-electron chi connectivity index (χ2n) is 12.0. The fourth-order valence-corrected chi connectivity index (χ4v) is 9.98. The summed E-state index contributed by atoms with van der Waals surface area (Å²) in [4.78, 5) is 12.0. The van der Waals surface area contributed by atoms with E-state index in [1.807, 2.05) is 32.0 Å². The molecule has 0 spiro atoms. The van der Waals surface area contributed by atoms with Crippen molar-refractivity contribution in [2.45, 2.75) is 72.5 Å². The fourth-order valence-electron chi connectivity index (χ4n) is 5.53. The lowest BCUT2D eigenvalue weighted by Gasteiger charge is -2.42. The summed E-state index contributed by atoms with van der Waals surface area (Å²) in [6.45, 7) is 18.8. The Kier molecular flexibility index (Phi) is 12.0. The maximum absolute atomic E-state index is 12.0. The smallest absolute Gasteiger partial charge is 0.333 e. The molecule has 0 aliphatic rings. The fraction of sp³-hybridized carbons (Fsp3) is 0.378. The Morgan fingerprint density at radius 3 is 2.14 bits per heavy atom. The summed E-state index contributed by atoms with van der Waals surface area (Å²) in [5, 5.41) is 13.6. The highest BCUT2D eigenvalue weighted by molar-refractivity contribution is 6.99. The Bertz CT molecular complexity index is 1410. The van der Waals surface area contributed by atoms with Crippen LogP contribution in [-0.4, -0.2) is 32.6 Å². The first-order valence-electron chi connectivity index (χ1n) is 14.9. The van der Waals surface area contributed by atoms with Crippen molar-refractivity contribution in [2.24, 2.45) is 5.92 Å². The normalized spacial score (nSPS) is 13.5. The van der Waals surface area contributed by atoms with Crippen LogP contribution in [-0.2, 0) is 14.0 Å². The monoisotopic (exact) mass is 598 g/mol. The van der Waals surface area contributed by atoms with Gasteiger partial charge in [-0.1, -0.05) is 99.5 Å². The van der Waals surface area contributed by atoms with Crippen LogP contribution in [0.3, 0.4) is 0 Å². The number of hydrogen-bond donors (Lipinski definition) is 1. The molecule has 0 aliphatic heterocycles. The van der Waals surface area contributed by atoms with Crippen molar-refractivity contribution in [3.05, 3.63) is 102 Å². The molecule has 0 saturated carbocycles. The third-order valence-corrected chi connectivity index (χ3v) is 12.7. The molecule has 2 aromatic carbocycles. The highest BCUT2D eigenvalue weighted by atomic mass is 28.4. The predicted molar refractivity (Wildman–Crippen MR) is 178 cm³/mol. The molecule has 0 saturated heterocycles. The second kappa shape index (κ2) is 15.2. The van der Waals surface area contributed by atoms with Gasteiger partial charge in [0.25, 0.3) is 8.32 Å². The molecule has 1 heterocycles. The number of aryl methyl sites for hydroxylation is 1. The minimum absolute atomic E-state index is 0.115. The summed E-state index contributed by atoms with van der Waals surface area (Å²) in [6, 6.07) is 22.9. The number of aliphatic hydroxyl groups excluding tert-OH is 1. The lowest BCUT2D eigenvalue weighted by Crippen LogP contribution is -2.66. The van der Waals surface area contributed by atoms with Crippen LogP contribution in [0.2, 0.25) is 5.04 Å². The summed E-state index contributed by atoms with van der Waals surface area (Å²) < 4.78 is 17.9. The summed E-state index contributed by atoms with van der Waals surface area (Å²) >= 11 is 0. The standard InChI is InChI=1S/C37H46O5Si/c1-9-40-36(39)29(5)26-30-25-28(4)35(42-30)34(38)33(27(2)3)23-17-12-18-24-41-43(37(6,7)8,31-19-13-10-14-20-31)32-21-15-11-16-22-32/h10-11,13-16,19-22,25-26,33-34,38H,2,9,17,23-24H2,1,3-8H3/b29-26-/t33-,34+/m0/s1. The van der Waals surface area contributed by atoms with Crippen LogP contribution in [0.5, 0.6) is 0 Å². The Morgan fingerprint density at radius 1 is 1.05 bits per heavy atom. The quantitative estimate of drug-likeness (QED) is 0.0789. The van der Waals surface area contributed by atoms with Gasteiger partial charge in [-0.25, -0.2) is 4.79 Å². The number of carbonyl (C=O) groups is 1. The Labute approximate surface area is 258 Å². The topological polar surface area (TPSA) is 68.9 Å². The van der Waals surface area contributed by atoms with E-state index in [0.29, 0.717) is 43.1 Å². The van der Waals surface area contributed by atoms with Crippen molar-refractivity contribution in [2.75, 3.05) is 13.2 Å². The first-order valence-corrected chi connectivity index (χ1v) is 16.8. The molecule has 3 aromatic rings. The van der Waals surface area contributed by atoms with Gasteiger partial charge in [0.1, 0.15) is 17.6 Å². The van der Waals surface area contributed by atoms with Crippen LogP contribution >= 0.6 is 0 Å². The lowest BCUT2D eigenvalue weighted by molar-refractivity contribution is -0.138. The zero-order valence-corrected chi connectivity index (χ0v) is 27.7. The van der Waals surface area contributed by atoms with Gasteiger partial charge in [-0.15, -0.1) is 5.92 Å². The molecule has 0 unspecified atom stereocenters. The van der Waals surface area contributed by atoms with Crippen LogP contribution in [0.4, 0.5) is 0 Å². The molecule has 1 N–H and O–H groups in total. The molecular weight excluding hydrogens is 552 g/mol. The van der Waals surface area contributed by atoms with Crippen molar-refractivity contribution >= 4 is 30.7 Å². The van der Waals surface area contributed by atoms with E-state index in [1.165, 1.54) is 10.4 Å². The van der Waals surface area contributed by atoms with E-state index in [2.05, 4.69) is 87.7 Å². The molecular formula is C37H46O5Si. The van der Waals surface area contributed by atoms with Gasteiger partial charge in [-0.05, 0) is 67.2 Å². The van der Waals surface area contributed by atoms with E-state index in [4.69, 9.17) is 13.6 Å². The van der Waals surface area contributed by atoms with Gasteiger partial charge in [-0.2, -0.15) is 0 Å². The third-order valence-electron chi connectivity index (χ3n) is 7.70. The molecule has 3 rings (SSSR count). The van der Waals surface area contributed by atoms with Crippen LogP contribution in [0.1, 0.15) is 77.6 Å². The summed E-state index contributed by atoms with van der Waals surface area (Å²) in [5.74, 6) is 6.88. The Morgan fingerprint density at radius 2 is 1.63 bits per heavy atom. The zero-order chi connectivity index (χ0) is 31.6. The van der Waals surface area contributed by atoms with E-state index < -0.39 is 20.4 Å². The van der Waals surface area contributed by atoms with Gasteiger partial charge in [-0.3, -0.25) is 0 Å². The van der Waals surface area contributed by atoms with E-state index in [1.54, 1.807) is 19.9 Å². The maximum atomic E-state index is 12.0. The highest BCUT2D eigenvalue weighted by Crippen LogP contribution is 2.37. The Hall–Kier alpha value is -3.63. The number of esters is 1. The Balaban J connectivity index is 1.74. The summed E-state index contributed by atoms with van der Waals surface area (Å²) in [6.07, 6.45) is 1.95. The number of rotatable bonds is 12. The minimum Gasteiger partial charge on any atom is -0.463 e. The van der Waals surface area contributed by atoms with Gasteiger partial charge in [0.15, 0.2) is 0 Å². The van der Waals surface area contributed by atoms with Gasteiger partial charge >= 0.3 is 5.97 Å². The van der Waals surface area contributed by atoms with Crippen molar-refractivity contribution in [1.82, 2.24) is 0 Å². The molecule has 6 heteroatoms. The number of benzene rings is 2. The van der Waals surface area contributed by atoms with Crippen LogP contribution in [0.25, 0.3) is 6.08 Å². The number of aliphatic hydroxyl groups is 1. The number of hydrogen-bond acceptors (Lipinski definition) is 5. The summed E-state index contributed by atoms with van der Waals surface area (Å²) in [5.41, 5.74) is 2.10. The van der Waals surface area contributed by atoms with Gasteiger partial charge in [0, 0.05) is 17.9 Å². The second-order valence-corrected chi connectivity index (χ2v) is 16.3. The van der Waals surface area contributed by atoms with Crippen molar-refractivity contribution in [3.8, 4) is 11.8 Å². The molecule has 0 amide bonds. The maximum Gasteiger partial charge on any atom is 0.333 e. The van der Waals surface area contributed by atoms with Crippen LogP contribution < -0.4 is 10.4 Å². The lowest BCUT2D eigenvalue weighted by atomic mass is 9.88. The van der Waals surface area contributed by atoms with Gasteiger partial charge in [0.05, 0.1) is 13.2 Å². The largest absolute Gasteiger partial charge is 0.463 e. The van der Waals surface area contributed by atoms with E-state index >= 15 is 0 Å². The first-order chi connectivity index (χ1) is 20.4. The molecule has 0 fully saturated rings. The van der Waals surface area contributed by atoms with Gasteiger partial charge < -0.3 is 18.7 Å². The van der Waals surface area contributed by atoms with Gasteiger partial charge in [0.2, 0.25) is 0 Å². The molecule has 1 aromatic heterocycles. The van der Waals surface area contributed by atoms with E-state index in [0.717, 1.165) is 11.1 Å². The SMILES string of the molecule is C=C(C)[C@H](CCC#CCO[Si](c1ccccc1)(c1ccccc1)C(C)(C)C)[C@@H](O)c1oc(/C=C(/C)C(=O)OCC)cc1C. The molecule has 228 valence electrons. The van der Waals surface area contributed by atoms with Crippen molar-refractivity contribution in [3.63, 3.8) is 0 Å². The highest BCUT2D eigenvalue weighted by Gasteiger charge is 2.50. The minimum atomic E-state index is -2.64. The van der Waals surface area contributed by atoms with Crippen molar-refractivity contribution < 1.29 is 23.5 Å². The van der Waals surface area contributed by atoms with Crippen LogP contribution in [0, 0.1) is 24.7 Å². The van der Waals surface area contributed by atoms with E-state index in [9.17, 15) is 9.90 Å². The van der Waals surface area contributed by atoms with E-state index in [-0.39, 0.29) is 11.0 Å². The zero-order valence-electron chi connectivity index (χ0n) is 26.7. The number of ether oxygens (including phenoxy) is 1. The molecule has 43 heavy (non-hydrogen) atoms. The molecule has 0 radical (unpaired) electrons. The average Bonchev–Trinajstić information content (AvgIpc) is 3.34. The molecule has 0 bridgehead atoms. The molecule has 0 aliphatic carbocycles.